The van der Waals surface area contributed by atoms with Gasteiger partial charge in [0.15, 0.2) is 0 Å². The normalized spacial score (nSPS) is 12.0. The number of ether oxygens (including phenoxy) is 1. The Kier molecular flexibility index (Phi) is 6.36. The van der Waals surface area contributed by atoms with Crippen LogP contribution in [0.4, 0.5) is 5.82 Å². The maximum Gasteiger partial charge on any atom is 0.264 e. The predicted molar refractivity (Wildman–Crippen MR) is 124 cm³/mol. The van der Waals surface area contributed by atoms with Gasteiger partial charge >= 0.3 is 0 Å². The first-order valence-electron chi connectivity index (χ1n) is 10.3. The number of benzene rings is 1. The topological polar surface area (TPSA) is 93.4 Å². The van der Waals surface area contributed by atoms with Crippen molar-refractivity contribution in [2.24, 2.45) is 0 Å². The van der Waals surface area contributed by atoms with E-state index in [2.05, 4.69) is 32.6 Å². The first kappa shape index (κ1) is 21.8. The van der Waals surface area contributed by atoms with Crippen molar-refractivity contribution in [3.8, 4) is 5.75 Å². The molecule has 1 N–H and O–H groups in total. The molecule has 0 fully saturated rings. The van der Waals surface area contributed by atoms with Gasteiger partial charge in [-0.3, -0.25) is 4.79 Å². The fourth-order valence-electron chi connectivity index (χ4n) is 3.50. The van der Waals surface area contributed by atoms with Crippen molar-refractivity contribution in [2.45, 2.75) is 26.3 Å². The Hall–Kier alpha value is -3.46. The van der Waals surface area contributed by atoms with Crippen LogP contribution in [-0.2, 0) is 6.42 Å². The number of nitrogens with one attached hydrogen (secondary N) is 1. The maximum absolute atomic E-state index is 13.2. The second-order valence-corrected chi connectivity index (χ2v) is 8.50. The molecule has 3 aromatic heterocycles. The predicted octanol–water partition coefficient (Wildman–Crippen LogP) is 4.48. The number of fused-ring (bicyclic) bond motifs is 1. The number of aryl methyl sites for hydroxylation is 1. The summed E-state index contributed by atoms with van der Waals surface area (Å²) in [6, 6.07) is 9.57. The molecule has 4 rings (SSSR count). The highest BCUT2D eigenvalue weighted by atomic mass is 32.1. The van der Waals surface area contributed by atoms with Crippen molar-refractivity contribution in [1.29, 1.82) is 0 Å². The van der Waals surface area contributed by atoms with Crippen LogP contribution in [0.2, 0.25) is 0 Å². The molecular weight excluding hydrogens is 426 g/mol. The number of methoxy groups -OCH3 is 1. The van der Waals surface area contributed by atoms with Crippen LogP contribution in [0.15, 0.2) is 47.4 Å². The Bertz CT molecular complexity index is 1200. The van der Waals surface area contributed by atoms with E-state index in [0.29, 0.717) is 17.1 Å². The Morgan fingerprint density at radius 3 is 2.72 bits per heavy atom. The second kappa shape index (κ2) is 9.35. The van der Waals surface area contributed by atoms with Crippen LogP contribution in [0.1, 0.15) is 39.5 Å². The molecule has 1 atom stereocenters. The van der Waals surface area contributed by atoms with Gasteiger partial charge in [0.05, 0.1) is 23.4 Å². The lowest BCUT2D eigenvalue weighted by Gasteiger charge is -2.22. The lowest BCUT2D eigenvalue weighted by molar-refractivity contribution is 0.0742. The van der Waals surface area contributed by atoms with E-state index in [1.54, 1.807) is 25.1 Å². The Balaban J connectivity index is 1.52. The summed E-state index contributed by atoms with van der Waals surface area (Å²) in [5.41, 5.74) is 2.78. The minimum Gasteiger partial charge on any atom is -0.497 e. The highest BCUT2D eigenvalue weighted by molar-refractivity contribution is 7.20. The molecule has 0 unspecified atom stereocenters. The average Bonchev–Trinajstić information content (AvgIpc) is 3.47. The van der Waals surface area contributed by atoms with E-state index in [-0.39, 0.29) is 11.9 Å². The fraction of sp³-hybridized carbons (Fsp3) is 0.304. The van der Waals surface area contributed by atoms with Gasteiger partial charge in [-0.1, -0.05) is 17.3 Å². The number of carbonyl (C=O) groups is 1. The Morgan fingerprint density at radius 2 is 2.03 bits per heavy atom. The van der Waals surface area contributed by atoms with E-state index in [1.807, 2.05) is 26.0 Å². The van der Waals surface area contributed by atoms with E-state index in [0.717, 1.165) is 33.8 Å². The molecule has 32 heavy (non-hydrogen) atoms. The summed E-state index contributed by atoms with van der Waals surface area (Å²) in [7, 11) is 3.43. The van der Waals surface area contributed by atoms with Gasteiger partial charge in [-0.15, -0.1) is 11.3 Å². The van der Waals surface area contributed by atoms with Gasteiger partial charge in [0.1, 0.15) is 34.7 Å². The molecule has 0 spiro atoms. The van der Waals surface area contributed by atoms with Gasteiger partial charge in [-0.25, -0.2) is 9.97 Å². The second-order valence-electron chi connectivity index (χ2n) is 7.50. The molecule has 0 saturated heterocycles. The molecule has 0 aliphatic rings. The molecular formula is C23H25N5O3S. The number of nitrogens with zero attached hydrogens (tertiary/aromatic N) is 4. The summed E-state index contributed by atoms with van der Waals surface area (Å²) in [6.45, 7) is 4.57. The number of rotatable bonds is 8. The molecule has 8 nitrogen and oxygen atoms in total. The highest BCUT2D eigenvalue weighted by Gasteiger charge is 2.26. The SMILES string of the molecule is COc1ccc(CCNc2ncnc3sc(C(=O)N(C)[C@@H](C)c4ccon4)c(C)c23)cc1. The third kappa shape index (κ3) is 4.29. The number of carbonyl (C=O) groups excluding carboxylic acids is 1. The van der Waals surface area contributed by atoms with E-state index >= 15 is 0 Å². The average molecular weight is 452 g/mol. The van der Waals surface area contributed by atoms with E-state index in [9.17, 15) is 4.79 Å². The maximum atomic E-state index is 13.2. The molecule has 0 aliphatic carbocycles. The smallest absolute Gasteiger partial charge is 0.264 e. The molecule has 0 bridgehead atoms. The lowest BCUT2D eigenvalue weighted by Crippen LogP contribution is -2.29. The molecule has 0 saturated carbocycles. The summed E-state index contributed by atoms with van der Waals surface area (Å²) in [4.78, 5) is 25.2. The lowest BCUT2D eigenvalue weighted by atomic mass is 10.1. The van der Waals surface area contributed by atoms with Crippen molar-refractivity contribution in [1.82, 2.24) is 20.0 Å². The van der Waals surface area contributed by atoms with Crippen LogP contribution in [0, 0.1) is 6.92 Å². The summed E-state index contributed by atoms with van der Waals surface area (Å²) in [6.07, 6.45) is 3.88. The summed E-state index contributed by atoms with van der Waals surface area (Å²) >= 11 is 1.38. The molecule has 3 heterocycles. The van der Waals surface area contributed by atoms with Gasteiger partial charge < -0.3 is 19.5 Å². The monoisotopic (exact) mass is 451 g/mol. The quantitative estimate of drug-likeness (QED) is 0.422. The standard InChI is InChI=1S/C23H25N5O3S/c1-14-19-21(24-11-9-16-5-7-17(30-4)8-6-16)25-13-26-22(19)32-20(14)23(29)28(3)15(2)18-10-12-31-27-18/h5-8,10,12-13,15H,9,11H2,1-4H3,(H,24,25,26)/t15-/m0/s1. The molecule has 9 heteroatoms. The minimum atomic E-state index is -0.209. The summed E-state index contributed by atoms with van der Waals surface area (Å²) < 4.78 is 10.1. The zero-order valence-corrected chi connectivity index (χ0v) is 19.3. The van der Waals surface area contributed by atoms with E-state index in [4.69, 9.17) is 9.26 Å². The first-order valence-corrected chi connectivity index (χ1v) is 11.1. The summed E-state index contributed by atoms with van der Waals surface area (Å²) in [5.74, 6) is 1.50. The third-order valence-corrected chi connectivity index (χ3v) is 6.76. The van der Waals surface area contributed by atoms with Gasteiger partial charge in [0.25, 0.3) is 5.91 Å². The third-order valence-electron chi connectivity index (χ3n) is 5.57. The first-order chi connectivity index (χ1) is 15.5. The van der Waals surface area contributed by atoms with Crippen molar-refractivity contribution in [2.75, 3.05) is 26.0 Å². The number of hydrogen-bond acceptors (Lipinski definition) is 8. The van der Waals surface area contributed by atoms with Crippen molar-refractivity contribution < 1.29 is 14.1 Å². The largest absolute Gasteiger partial charge is 0.497 e. The van der Waals surface area contributed by atoms with E-state index < -0.39 is 0 Å². The molecule has 0 radical (unpaired) electrons. The molecule has 1 amide bonds. The van der Waals surface area contributed by atoms with Crippen LogP contribution < -0.4 is 10.1 Å². The van der Waals surface area contributed by atoms with Crippen LogP contribution in [-0.4, -0.2) is 46.6 Å². The molecule has 4 aromatic rings. The highest BCUT2D eigenvalue weighted by Crippen LogP contribution is 2.35. The van der Waals surface area contributed by atoms with Crippen molar-refractivity contribution in [3.63, 3.8) is 0 Å². The van der Waals surface area contributed by atoms with Gasteiger partial charge in [0, 0.05) is 19.7 Å². The van der Waals surface area contributed by atoms with Gasteiger partial charge in [-0.2, -0.15) is 0 Å². The number of thiophene rings is 1. The van der Waals surface area contributed by atoms with Crippen LogP contribution in [0.25, 0.3) is 10.2 Å². The van der Waals surface area contributed by atoms with Gasteiger partial charge in [0.2, 0.25) is 0 Å². The van der Waals surface area contributed by atoms with Crippen LogP contribution in [0.5, 0.6) is 5.75 Å². The number of anilines is 1. The zero-order chi connectivity index (χ0) is 22.7. The van der Waals surface area contributed by atoms with Crippen molar-refractivity contribution in [3.05, 3.63) is 64.6 Å². The van der Waals surface area contributed by atoms with Crippen LogP contribution in [0.3, 0.4) is 0 Å². The van der Waals surface area contributed by atoms with E-state index in [1.165, 1.54) is 29.5 Å². The summed E-state index contributed by atoms with van der Waals surface area (Å²) in [5, 5.41) is 8.25. The fourth-order valence-corrected chi connectivity index (χ4v) is 4.63. The minimum absolute atomic E-state index is 0.0785. The Morgan fingerprint density at radius 1 is 1.25 bits per heavy atom. The van der Waals surface area contributed by atoms with Crippen LogP contribution >= 0.6 is 11.3 Å². The molecule has 166 valence electrons. The Labute approximate surface area is 190 Å². The van der Waals surface area contributed by atoms with Crippen molar-refractivity contribution >= 4 is 33.3 Å². The number of aromatic nitrogens is 3. The van der Waals surface area contributed by atoms with Gasteiger partial charge in [-0.05, 0) is 43.5 Å². The zero-order valence-electron chi connectivity index (χ0n) is 18.5. The molecule has 0 aliphatic heterocycles. The number of amides is 1. The molecule has 1 aromatic carbocycles. The number of hydrogen-bond donors (Lipinski definition) is 1.